The Morgan fingerprint density at radius 3 is 2.10 bits per heavy atom. The van der Waals surface area contributed by atoms with E-state index >= 15 is 0 Å². The fraction of sp³-hybridized carbons (Fsp3) is 0.429. The molecule has 2 aliphatic heterocycles. The Kier molecular flexibility index (Phi) is 10.1. The first kappa shape index (κ1) is 31.1. The molecule has 18 heteroatoms. The number of alkyl halides is 6. The number of carbonyl (C=O) groups is 3. The molecule has 3 N–H and O–H groups in total. The number of halogens is 7. The number of anilines is 1. The predicted octanol–water partition coefficient (Wildman–Crippen LogP) is 2.05. The SMILES string of the molecule is O=C(NCc1cccnc1)[C@]12COC[C@H]1CN(c1ncc(F)cn1)C2.O=C(O)C(F)(F)F.O=C(O)C(F)(F)F. The van der Waals surface area contributed by atoms with E-state index in [0.717, 1.165) is 18.0 Å². The molecule has 214 valence electrons. The van der Waals surface area contributed by atoms with Crippen LogP contribution in [0.25, 0.3) is 0 Å². The summed E-state index contributed by atoms with van der Waals surface area (Å²) in [6.07, 6.45) is -4.46. The third-order valence-electron chi connectivity index (χ3n) is 5.38. The first-order chi connectivity index (χ1) is 18.1. The van der Waals surface area contributed by atoms with Gasteiger partial charge >= 0.3 is 24.3 Å². The summed E-state index contributed by atoms with van der Waals surface area (Å²) in [6, 6.07) is 3.76. The van der Waals surface area contributed by atoms with Gasteiger partial charge < -0.3 is 25.2 Å². The quantitative estimate of drug-likeness (QED) is 0.465. The molecule has 0 bridgehead atoms. The van der Waals surface area contributed by atoms with Crippen molar-refractivity contribution in [2.75, 3.05) is 31.2 Å². The van der Waals surface area contributed by atoms with Gasteiger partial charge in [0.25, 0.3) is 0 Å². The summed E-state index contributed by atoms with van der Waals surface area (Å²) in [5.74, 6) is -5.52. The molecule has 0 saturated carbocycles. The van der Waals surface area contributed by atoms with Crippen LogP contribution in [-0.4, -0.2) is 81.7 Å². The average molecular weight is 571 g/mol. The van der Waals surface area contributed by atoms with Crippen LogP contribution in [0.3, 0.4) is 0 Å². The minimum Gasteiger partial charge on any atom is -0.475 e. The average Bonchev–Trinajstić information content (AvgIpc) is 3.42. The van der Waals surface area contributed by atoms with Gasteiger partial charge in [0.2, 0.25) is 11.9 Å². The first-order valence-electron chi connectivity index (χ1n) is 10.6. The van der Waals surface area contributed by atoms with E-state index < -0.39 is 35.5 Å². The molecule has 0 unspecified atom stereocenters. The number of amides is 1. The van der Waals surface area contributed by atoms with E-state index in [9.17, 15) is 35.5 Å². The standard InChI is InChI=1S/C17H18FN5O2.2C2HF3O2/c18-14-6-21-16(22-7-14)23-8-13-9-25-11-17(13,10-23)15(24)20-5-12-2-1-3-19-4-12;2*3-2(4,5)1(6)7/h1-4,6-7,13H,5,8-11H2,(H,20,24);2*(H,6,7)/t13-,17-;;/m1../s1. The van der Waals surface area contributed by atoms with Gasteiger partial charge in [-0.25, -0.2) is 23.9 Å². The zero-order chi connectivity index (χ0) is 29.4. The number of hydrogen-bond donors (Lipinski definition) is 3. The summed E-state index contributed by atoms with van der Waals surface area (Å²) in [6.45, 7) is 2.40. The molecule has 0 aliphatic carbocycles. The molecule has 2 saturated heterocycles. The third-order valence-corrected chi connectivity index (χ3v) is 5.38. The largest absolute Gasteiger partial charge is 0.490 e. The van der Waals surface area contributed by atoms with Gasteiger partial charge in [0.15, 0.2) is 5.82 Å². The molecule has 0 spiro atoms. The lowest BCUT2D eigenvalue weighted by Gasteiger charge is -2.25. The van der Waals surface area contributed by atoms with Crippen LogP contribution in [-0.2, 0) is 25.7 Å². The number of hydrogen-bond acceptors (Lipinski definition) is 8. The van der Waals surface area contributed by atoms with Gasteiger partial charge in [-0.15, -0.1) is 0 Å². The molecule has 2 fully saturated rings. The number of fused-ring (bicyclic) bond motifs is 1. The number of carbonyl (C=O) groups excluding carboxylic acids is 1. The van der Waals surface area contributed by atoms with Crippen molar-refractivity contribution >= 4 is 23.8 Å². The summed E-state index contributed by atoms with van der Waals surface area (Å²) in [5.41, 5.74) is 0.319. The smallest absolute Gasteiger partial charge is 0.475 e. The van der Waals surface area contributed by atoms with Crippen LogP contribution in [0.1, 0.15) is 5.56 Å². The van der Waals surface area contributed by atoms with Crippen LogP contribution in [0, 0.1) is 17.2 Å². The van der Waals surface area contributed by atoms with Crippen molar-refractivity contribution in [3.05, 3.63) is 48.3 Å². The van der Waals surface area contributed by atoms with Crippen LogP contribution in [0.5, 0.6) is 0 Å². The van der Waals surface area contributed by atoms with Crippen molar-refractivity contribution in [3.63, 3.8) is 0 Å². The zero-order valence-electron chi connectivity index (χ0n) is 19.5. The van der Waals surface area contributed by atoms with Crippen molar-refractivity contribution in [3.8, 4) is 0 Å². The van der Waals surface area contributed by atoms with Crippen LogP contribution < -0.4 is 10.2 Å². The van der Waals surface area contributed by atoms with Crippen molar-refractivity contribution in [1.29, 1.82) is 0 Å². The van der Waals surface area contributed by atoms with Gasteiger partial charge in [0.05, 0.1) is 31.0 Å². The van der Waals surface area contributed by atoms with Crippen LogP contribution >= 0.6 is 0 Å². The number of carboxylic acid groups (broad SMARTS) is 2. The molecule has 2 aromatic rings. The maximum absolute atomic E-state index is 13.0. The van der Waals surface area contributed by atoms with Crippen molar-refractivity contribution in [2.45, 2.75) is 18.9 Å². The fourth-order valence-corrected chi connectivity index (χ4v) is 3.54. The van der Waals surface area contributed by atoms with Crippen molar-refractivity contribution < 1.29 is 60.1 Å². The summed E-state index contributed by atoms with van der Waals surface area (Å²) in [4.78, 5) is 44.7. The van der Waals surface area contributed by atoms with E-state index in [4.69, 9.17) is 24.5 Å². The molecule has 0 radical (unpaired) electrons. The second kappa shape index (κ2) is 12.6. The van der Waals surface area contributed by atoms with Crippen LogP contribution in [0.4, 0.5) is 36.7 Å². The maximum Gasteiger partial charge on any atom is 0.490 e. The minimum atomic E-state index is -5.08. The van der Waals surface area contributed by atoms with Crippen LogP contribution in [0.15, 0.2) is 36.9 Å². The Hall–Kier alpha value is -4.09. The van der Waals surface area contributed by atoms with Gasteiger partial charge in [-0.1, -0.05) is 6.07 Å². The molecule has 39 heavy (non-hydrogen) atoms. The summed E-state index contributed by atoms with van der Waals surface area (Å²) in [5, 5.41) is 17.2. The normalized spacial score (nSPS) is 20.1. The van der Waals surface area contributed by atoms with Gasteiger partial charge in [0.1, 0.15) is 0 Å². The Morgan fingerprint density at radius 2 is 1.62 bits per heavy atom. The van der Waals surface area contributed by atoms with Gasteiger partial charge in [-0.05, 0) is 11.6 Å². The number of rotatable bonds is 4. The van der Waals surface area contributed by atoms with Gasteiger partial charge in [0, 0.05) is 37.9 Å². The Balaban J connectivity index is 0.000000317. The third kappa shape index (κ3) is 8.72. The van der Waals surface area contributed by atoms with E-state index in [2.05, 4.69) is 20.3 Å². The lowest BCUT2D eigenvalue weighted by atomic mass is 9.80. The van der Waals surface area contributed by atoms with Gasteiger partial charge in [-0.2, -0.15) is 26.3 Å². The monoisotopic (exact) mass is 571 g/mol. The molecule has 11 nitrogen and oxygen atoms in total. The topological polar surface area (TPSA) is 155 Å². The number of ether oxygens (including phenoxy) is 1. The van der Waals surface area contributed by atoms with E-state index in [0.29, 0.717) is 38.8 Å². The molecular formula is C21H20F7N5O6. The van der Waals surface area contributed by atoms with Crippen molar-refractivity contribution in [1.82, 2.24) is 20.3 Å². The number of nitrogens with one attached hydrogen (secondary N) is 1. The predicted molar refractivity (Wildman–Crippen MR) is 114 cm³/mol. The molecule has 2 aliphatic rings. The van der Waals surface area contributed by atoms with Crippen LogP contribution in [0.2, 0.25) is 0 Å². The van der Waals surface area contributed by atoms with Crippen molar-refractivity contribution in [2.24, 2.45) is 11.3 Å². The Morgan fingerprint density at radius 1 is 1.05 bits per heavy atom. The fourth-order valence-electron chi connectivity index (χ4n) is 3.54. The molecule has 4 rings (SSSR count). The lowest BCUT2D eigenvalue weighted by Crippen LogP contribution is -2.46. The molecule has 0 aromatic carbocycles. The highest BCUT2D eigenvalue weighted by Crippen LogP contribution is 2.42. The highest BCUT2D eigenvalue weighted by atomic mass is 19.4. The molecule has 4 heterocycles. The second-order valence-electron chi connectivity index (χ2n) is 8.10. The van der Waals surface area contributed by atoms with E-state index in [1.165, 1.54) is 0 Å². The molecule has 2 atom stereocenters. The lowest BCUT2D eigenvalue weighted by molar-refractivity contribution is -0.193. The van der Waals surface area contributed by atoms with E-state index in [1.807, 2.05) is 17.0 Å². The number of aliphatic carboxylic acids is 2. The second-order valence-corrected chi connectivity index (χ2v) is 8.10. The Labute approximate surface area is 214 Å². The van der Waals surface area contributed by atoms with E-state index in [-0.39, 0.29) is 11.8 Å². The summed E-state index contributed by atoms with van der Waals surface area (Å²) in [7, 11) is 0. The summed E-state index contributed by atoms with van der Waals surface area (Å²) < 4.78 is 82.1. The minimum absolute atomic E-state index is 0.0385. The molecule has 2 aromatic heterocycles. The highest BCUT2D eigenvalue weighted by molar-refractivity contribution is 5.85. The maximum atomic E-state index is 13.0. The zero-order valence-corrected chi connectivity index (χ0v) is 19.5. The first-order valence-corrected chi connectivity index (χ1v) is 10.6. The van der Waals surface area contributed by atoms with Gasteiger partial charge in [-0.3, -0.25) is 9.78 Å². The number of aromatic nitrogens is 3. The molecule has 1 amide bonds. The van der Waals surface area contributed by atoms with E-state index in [1.54, 1.807) is 12.4 Å². The molecular weight excluding hydrogens is 551 g/mol. The number of pyridine rings is 1. The Bertz CT molecular complexity index is 1110. The summed E-state index contributed by atoms with van der Waals surface area (Å²) >= 11 is 0. The highest BCUT2D eigenvalue weighted by Gasteiger charge is 2.56. The number of nitrogens with zero attached hydrogens (tertiary/aromatic N) is 4. The number of carboxylic acids is 2.